The van der Waals surface area contributed by atoms with Crippen LogP contribution in [-0.4, -0.2) is 32.2 Å². The molecule has 2 aromatic carbocycles. The molecule has 0 bridgehead atoms. The molecule has 164 valence electrons. The van der Waals surface area contributed by atoms with Crippen LogP contribution in [0.4, 0.5) is 0 Å². The van der Waals surface area contributed by atoms with Gasteiger partial charge < -0.3 is 9.84 Å². The number of rotatable bonds is 6. The van der Waals surface area contributed by atoms with Gasteiger partial charge >= 0.3 is 5.97 Å². The number of ether oxygens (including phenoxy) is 1. The van der Waals surface area contributed by atoms with Gasteiger partial charge in [0.1, 0.15) is 24.3 Å². The number of aromatic nitrogens is 3. The first kappa shape index (κ1) is 22.0. The summed E-state index contributed by atoms with van der Waals surface area (Å²) in [6, 6.07) is 13.5. The second kappa shape index (κ2) is 9.10. The highest BCUT2D eigenvalue weighted by molar-refractivity contribution is 6.31. The Labute approximate surface area is 193 Å². The summed E-state index contributed by atoms with van der Waals surface area (Å²) < 4.78 is 7.41. The maximum Gasteiger partial charge on any atom is 0.335 e. The van der Waals surface area contributed by atoms with E-state index in [4.69, 9.17) is 16.3 Å². The first-order valence-electron chi connectivity index (χ1n) is 9.90. The van der Waals surface area contributed by atoms with Crippen molar-refractivity contribution in [3.63, 3.8) is 0 Å². The zero-order valence-electron chi connectivity index (χ0n) is 17.4. The number of carboxylic acid groups (broad SMARTS) is 1. The number of carbonyl (C=O) groups is 1. The minimum Gasteiger partial charge on any atom is -0.491 e. The van der Waals surface area contributed by atoms with Gasteiger partial charge in [0.25, 0.3) is 5.56 Å². The third kappa shape index (κ3) is 4.40. The van der Waals surface area contributed by atoms with E-state index in [9.17, 15) is 20.0 Å². The summed E-state index contributed by atoms with van der Waals surface area (Å²) in [4.78, 5) is 32.7. The molecule has 1 N–H and O–H groups in total. The number of nitrogens with zero attached hydrogens (tertiary/aromatic N) is 4. The van der Waals surface area contributed by atoms with E-state index in [0.29, 0.717) is 33.2 Å². The van der Waals surface area contributed by atoms with Crippen LogP contribution in [0.2, 0.25) is 5.02 Å². The van der Waals surface area contributed by atoms with Crippen LogP contribution in [0.1, 0.15) is 21.7 Å². The van der Waals surface area contributed by atoms with Crippen molar-refractivity contribution in [3.05, 3.63) is 87.2 Å². The summed E-state index contributed by atoms with van der Waals surface area (Å²) in [5, 5.41) is 19.3. The quantitative estimate of drug-likeness (QED) is 0.460. The Bertz CT molecular complexity index is 1490. The molecule has 0 fully saturated rings. The monoisotopic (exact) mass is 460 g/mol. The Morgan fingerprint density at radius 3 is 2.82 bits per heavy atom. The van der Waals surface area contributed by atoms with Gasteiger partial charge in [-0.05, 0) is 42.8 Å². The molecule has 0 aliphatic rings. The van der Waals surface area contributed by atoms with Gasteiger partial charge in [0.05, 0.1) is 34.8 Å². The minimum atomic E-state index is -1.04. The van der Waals surface area contributed by atoms with Gasteiger partial charge in [0.2, 0.25) is 0 Å². The number of aromatic carboxylic acids is 1. The number of aryl methyl sites for hydroxylation is 1. The fraction of sp³-hybridized carbons (Fsp3) is 0.125. The largest absolute Gasteiger partial charge is 0.491 e. The lowest BCUT2D eigenvalue weighted by Gasteiger charge is -2.15. The first-order valence-corrected chi connectivity index (χ1v) is 10.3. The Kier molecular flexibility index (Phi) is 6.07. The van der Waals surface area contributed by atoms with Gasteiger partial charge in [-0.2, -0.15) is 5.26 Å². The van der Waals surface area contributed by atoms with E-state index >= 15 is 0 Å². The molecule has 0 aliphatic heterocycles. The number of benzene rings is 2. The molecule has 4 aromatic rings. The molecular weight excluding hydrogens is 444 g/mol. The fourth-order valence-electron chi connectivity index (χ4n) is 3.54. The number of carboxylic acids is 1. The normalized spacial score (nSPS) is 10.7. The molecule has 0 spiro atoms. The molecule has 2 heterocycles. The predicted octanol–water partition coefficient (Wildman–Crippen LogP) is 4.07. The summed E-state index contributed by atoms with van der Waals surface area (Å²) >= 11 is 6.17. The second-order valence-corrected chi connectivity index (χ2v) is 7.62. The summed E-state index contributed by atoms with van der Waals surface area (Å²) in [5.74, 6) is -0.0753. The average Bonchev–Trinajstić information content (AvgIpc) is 2.81. The molecule has 2 aromatic heterocycles. The van der Waals surface area contributed by atoms with E-state index < -0.39 is 5.97 Å². The summed E-state index contributed by atoms with van der Waals surface area (Å²) in [7, 11) is 0. The van der Waals surface area contributed by atoms with E-state index in [1.807, 2.05) is 6.07 Å². The lowest BCUT2D eigenvalue weighted by Crippen LogP contribution is -2.27. The van der Waals surface area contributed by atoms with Crippen LogP contribution in [0.15, 0.2) is 59.7 Å². The van der Waals surface area contributed by atoms with Crippen LogP contribution in [-0.2, 0) is 6.54 Å². The zero-order valence-corrected chi connectivity index (χ0v) is 18.2. The van der Waals surface area contributed by atoms with Crippen LogP contribution in [0.3, 0.4) is 0 Å². The first-order chi connectivity index (χ1) is 15.9. The van der Waals surface area contributed by atoms with Crippen LogP contribution in [0, 0.1) is 18.3 Å². The van der Waals surface area contributed by atoms with Crippen molar-refractivity contribution in [1.29, 1.82) is 5.26 Å². The molecule has 0 unspecified atom stereocenters. The lowest BCUT2D eigenvalue weighted by atomic mass is 10.0. The van der Waals surface area contributed by atoms with E-state index in [-0.39, 0.29) is 35.2 Å². The summed E-state index contributed by atoms with van der Waals surface area (Å²) in [6.07, 6.45) is 2.80. The maximum atomic E-state index is 13.0. The highest BCUT2D eigenvalue weighted by atomic mass is 35.5. The predicted molar refractivity (Wildman–Crippen MR) is 123 cm³/mol. The summed E-state index contributed by atoms with van der Waals surface area (Å²) in [5.41, 5.74) is 1.60. The molecule has 8 nitrogen and oxygen atoms in total. The molecule has 0 amide bonds. The molecular formula is C24H17ClN4O4. The van der Waals surface area contributed by atoms with Crippen LogP contribution in [0.5, 0.6) is 5.75 Å². The molecule has 0 saturated heterocycles. The molecule has 4 rings (SSSR count). The Hall–Kier alpha value is -4.22. The van der Waals surface area contributed by atoms with Crippen molar-refractivity contribution < 1.29 is 14.6 Å². The van der Waals surface area contributed by atoms with E-state index in [1.54, 1.807) is 43.3 Å². The van der Waals surface area contributed by atoms with Crippen molar-refractivity contribution >= 4 is 28.5 Å². The standard InChI is InChI=1S/C24H17ClN4O4/c1-14-28-20-13-27-12-17(11-26)22(20)23(30)29(14)7-8-33-21-6-5-18(25)10-19(21)15-3-2-4-16(9-15)24(31)32/h2-6,9-10,12-13H,7-8H2,1H3,(H,31,32). The van der Waals surface area contributed by atoms with Crippen molar-refractivity contribution in [2.45, 2.75) is 13.5 Å². The van der Waals surface area contributed by atoms with Gasteiger partial charge in [-0.25, -0.2) is 9.78 Å². The van der Waals surface area contributed by atoms with Crippen molar-refractivity contribution in [3.8, 4) is 22.9 Å². The van der Waals surface area contributed by atoms with Gasteiger partial charge in [0, 0.05) is 16.8 Å². The number of halogens is 1. The molecule has 0 radical (unpaired) electrons. The zero-order chi connectivity index (χ0) is 23.5. The van der Waals surface area contributed by atoms with Crippen LogP contribution < -0.4 is 10.3 Å². The van der Waals surface area contributed by atoms with Crippen LogP contribution in [0.25, 0.3) is 22.0 Å². The van der Waals surface area contributed by atoms with E-state index in [0.717, 1.165) is 0 Å². The molecule has 9 heteroatoms. The third-order valence-corrected chi connectivity index (χ3v) is 5.35. The number of hydrogen-bond acceptors (Lipinski definition) is 6. The van der Waals surface area contributed by atoms with Gasteiger partial charge in [0.15, 0.2) is 0 Å². The minimum absolute atomic E-state index is 0.133. The van der Waals surface area contributed by atoms with E-state index in [2.05, 4.69) is 9.97 Å². The van der Waals surface area contributed by atoms with Crippen molar-refractivity contribution in [2.24, 2.45) is 0 Å². The van der Waals surface area contributed by atoms with Crippen molar-refractivity contribution in [2.75, 3.05) is 6.61 Å². The van der Waals surface area contributed by atoms with Gasteiger partial charge in [-0.15, -0.1) is 0 Å². The smallest absolute Gasteiger partial charge is 0.335 e. The Morgan fingerprint density at radius 1 is 1.24 bits per heavy atom. The molecule has 33 heavy (non-hydrogen) atoms. The topological polar surface area (TPSA) is 118 Å². The Balaban J connectivity index is 1.64. The highest BCUT2D eigenvalue weighted by Gasteiger charge is 2.14. The number of hydrogen-bond donors (Lipinski definition) is 1. The SMILES string of the molecule is Cc1nc2cncc(C#N)c2c(=O)n1CCOc1ccc(Cl)cc1-c1cccc(C(=O)O)c1. The third-order valence-electron chi connectivity index (χ3n) is 5.11. The molecule has 0 saturated carbocycles. The van der Waals surface area contributed by atoms with Crippen molar-refractivity contribution in [1.82, 2.24) is 14.5 Å². The summed E-state index contributed by atoms with van der Waals surface area (Å²) in [6.45, 7) is 2.02. The van der Waals surface area contributed by atoms with Gasteiger partial charge in [-0.1, -0.05) is 23.7 Å². The highest BCUT2D eigenvalue weighted by Crippen LogP contribution is 2.33. The molecule has 0 aliphatic carbocycles. The fourth-order valence-corrected chi connectivity index (χ4v) is 3.72. The number of fused-ring (bicyclic) bond motifs is 1. The lowest BCUT2D eigenvalue weighted by molar-refractivity contribution is 0.0697. The number of pyridine rings is 1. The average molecular weight is 461 g/mol. The second-order valence-electron chi connectivity index (χ2n) is 7.18. The Morgan fingerprint density at radius 2 is 2.06 bits per heavy atom. The number of nitriles is 1. The molecule has 0 atom stereocenters. The van der Waals surface area contributed by atoms with E-state index in [1.165, 1.54) is 23.0 Å². The van der Waals surface area contributed by atoms with Gasteiger partial charge in [-0.3, -0.25) is 14.3 Å². The maximum absolute atomic E-state index is 13.0. The van der Waals surface area contributed by atoms with Crippen LogP contribution >= 0.6 is 11.6 Å².